The number of nitrogens with zero attached hydrogens (tertiary/aromatic N) is 1. The number of hydrogen-bond donors (Lipinski definition) is 2. The number of aromatic carboxylic acids is 1. The molecule has 2 N–H and O–H groups in total. The molecule has 0 aliphatic carbocycles. The fourth-order valence-corrected chi connectivity index (χ4v) is 2.05. The standard InChI is InChI=1S/C15H11ClN2O2/c16-13-7-10(8-17)5-6-14(13)18-9-11-3-1-2-4-12(11)15(19)20/h1-7,18H,9H2,(H,19,20). The number of nitrogens with one attached hydrogen (secondary N) is 1. The molecule has 0 spiro atoms. The maximum absolute atomic E-state index is 11.1. The number of carboxylic acid groups (broad SMARTS) is 1. The van der Waals surface area contributed by atoms with E-state index in [1.807, 2.05) is 6.07 Å². The zero-order valence-corrected chi connectivity index (χ0v) is 11.2. The molecule has 4 nitrogen and oxygen atoms in total. The quantitative estimate of drug-likeness (QED) is 0.902. The molecule has 0 aliphatic rings. The SMILES string of the molecule is N#Cc1ccc(NCc2ccccc2C(=O)O)c(Cl)c1. The van der Waals surface area contributed by atoms with Crippen LogP contribution in [0.3, 0.4) is 0 Å². The monoisotopic (exact) mass is 286 g/mol. The number of hydrogen-bond acceptors (Lipinski definition) is 3. The van der Waals surface area contributed by atoms with E-state index in [0.29, 0.717) is 28.4 Å². The van der Waals surface area contributed by atoms with Gasteiger partial charge in [-0.3, -0.25) is 0 Å². The zero-order valence-electron chi connectivity index (χ0n) is 10.4. The number of benzene rings is 2. The van der Waals surface area contributed by atoms with Gasteiger partial charge in [0.1, 0.15) is 0 Å². The van der Waals surface area contributed by atoms with Gasteiger partial charge in [0.15, 0.2) is 0 Å². The number of nitriles is 1. The molecule has 2 rings (SSSR count). The smallest absolute Gasteiger partial charge is 0.336 e. The predicted molar refractivity (Wildman–Crippen MR) is 76.9 cm³/mol. The number of halogens is 1. The zero-order chi connectivity index (χ0) is 14.5. The Morgan fingerprint density at radius 2 is 2.05 bits per heavy atom. The van der Waals surface area contributed by atoms with Crippen molar-refractivity contribution in [3.8, 4) is 6.07 Å². The minimum atomic E-state index is -0.965. The van der Waals surface area contributed by atoms with Crippen LogP contribution in [0.2, 0.25) is 5.02 Å². The number of carbonyl (C=O) groups is 1. The van der Waals surface area contributed by atoms with Gasteiger partial charge in [-0.25, -0.2) is 4.79 Å². The Morgan fingerprint density at radius 1 is 1.30 bits per heavy atom. The van der Waals surface area contributed by atoms with Gasteiger partial charge in [-0.2, -0.15) is 5.26 Å². The third-order valence-electron chi connectivity index (χ3n) is 2.82. The first kappa shape index (κ1) is 13.9. The Kier molecular flexibility index (Phi) is 4.24. The Balaban J connectivity index is 2.18. The molecule has 0 atom stereocenters. The van der Waals surface area contributed by atoms with Gasteiger partial charge in [-0.1, -0.05) is 29.8 Å². The molecule has 100 valence electrons. The highest BCUT2D eigenvalue weighted by atomic mass is 35.5. The van der Waals surface area contributed by atoms with Gasteiger partial charge in [-0.15, -0.1) is 0 Å². The van der Waals surface area contributed by atoms with E-state index in [4.69, 9.17) is 22.0 Å². The predicted octanol–water partition coefficient (Wildman–Crippen LogP) is 3.52. The van der Waals surface area contributed by atoms with Gasteiger partial charge in [0.2, 0.25) is 0 Å². The number of anilines is 1. The summed E-state index contributed by atoms with van der Waals surface area (Å²) in [5.74, 6) is -0.965. The molecule has 0 saturated carbocycles. The Labute approximate surface area is 121 Å². The lowest BCUT2D eigenvalue weighted by Gasteiger charge is -2.10. The minimum Gasteiger partial charge on any atom is -0.478 e. The second-order valence-electron chi connectivity index (χ2n) is 4.12. The van der Waals surface area contributed by atoms with Crippen LogP contribution in [0, 0.1) is 11.3 Å². The van der Waals surface area contributed by atoms with Crippen LogP contribution in [-0.4, -0.2) is 11.1 Å². The molecule has 0 aliphatic heterocycles. The average Bonchev–Trinajstić information content (AvgIpc) is 2.46. The Hall–Kier alpha value is -2.51. The van der Waals surface area contributed by atoms with Gasteiger partial charge in [0.05, 0.1) is 27.9 Å². The van der Waals surface area contributed by atoms with E-state index >= 15 is 0 Å². The first-order valence-corrected chi connectivity index (χ1v) is 6.24. The van der Waals surface area contributed by atoms with Crippen molar-refractivity contribution in [2.24, 2.45) is 0 Å². The Bertz CT molecular complexity index is 693. The van der Waals surface area contributed by atoms with Crippen LogP contribution in [0.25, 0.3) is 0 Å². The fourth-order valence-electron chi connectivity index (χ4n) is 1.80. The first-order valence-electron chi connectivity index (χ1n) is 5.86. The first-order chi connectivity index (χ1) is 9.61. The van der Waals surface area contributed by atoms with Crippen LogP contribution < -0.4 is 5.32 Å². The summed E-state index contributed by atoms with van der Waals surface area (Å²) in [6.07, 6.45) is 0. The molecule has 0 aromatic heterocycles. The van der Waals surface area contributed by atoms with Crippen LogP contribution in [-0.2, 0) is 6.54 Å². The highest BCUT2D eigenvalue weighted by molar-refractivity contribution is 6.33. The molecule has 0 heterocycles. The van der Waals surface area contributed by atoms with Crippen molar-refractivity contribution in [1.29, 1.82) is 5.26 Å². The van der Waals surface area contributed by atoms with Gasteiger partial charge >= 0.3 is 5.97 Å². The van der Waals surface area contributed by atoms with E-state index in [0.717, 1.165) is 0 Å². The molecule has 20 heavy (non-hydrogen) atoms. The fraction of sp³-hybridized carbons (Fsp3) is 0.0667. The largest absolute Gasteiger partial charge is 0.478 e. The van der Waals surface area contributed by atoms with E-state index in [2.05, 4.69) is 5.32 Å². The lowest BCUT2D eigenvalue weighted by Crippen LogP contribution is -2.07. The summed E-state index contributed by atoms with van der Waals surface area (Å²) in [7, 11) is 0. The number of rotatable bonds is 4. The van der Waals surface area contributed by atoms with E-state index in [9.17, 15) is 4.79 Å². The molecule has 0 radical (unpaired) electrons. The molecule has 0 fully saturated rings. The summed E-state index contributed by atoms with van der Waals surface area (Å²) in [6, 6.07) is 13.7. The second-order valence-corrected chi connectivity index (χ2v) is 4.53. The highest BCUT2D eigenvalue weighted by Crippen LogP contribution is 2.23. The normalized spacial score (nSPS) is 9.80. The molecular weight excluding hydrogens is 276 g/mol. The molecule has 0 saturated heterocycles. The van der Waals surface area contributed by atoms with E-state index in [1.165, 1.54) is 0 Å². The maximum atomic E-state index is 11.1. The lowest BCUT2D eigenvalue weighted by atomic mass is 10.1. The summed E-state index contributed by atoms with van der Waals surface area (Å²) in [6.45, 7) is 0.341. The molecule has 2 aromatic rings. The summed E-state index contributed by atoms with van der Waals surface area (Å²) >= 11 is 6.05. The van der Waals surface area contributed by atoms with Crippen molar-refractivity contribution >= 4 is 23.3 Å². The van der Waals surface area contributed by atoms with Crippen LogP contribution in [0.4, 0.5) is 5.69 Å². The molecule has 0 amide bonds. The van der Waals surface area contributed by atoms with Crippen LogP contribution in [0.1, 0.15) is 21.5 Å². The van der Waals surface area contributed by atoms with Gasteiger partial charge < -0.3 is 10.4 Å². The third-order valence-corrected chi connectivity index (χ3v) is 3.13. The van der Waals surface area contributed by atoms with Crippen molar-refractivity contribution in [2.45, 2.75) is 6.54 Å². The van der Waals surface area contributed by atoms with Crippen LogP contribution in [0.5, 0.6) is 0 Å². The van der Waals surface area contributed by atoms with E-state index in [-0.39, 0.29) is 5.56 Å². The second kappa shape index (κ2) is 6.09. The average molecular weight is 287 g/mol. The maximum Gasteiger partial charge on any atom is 0.336 e. The van der Waals surface area contributed by atoms with Crippen molar-refractivity contribution < 1.29 is 9.90 Å². The topological polar surface area (TPSA) is 73.1 Å². The summed E-state index contributed by atoms with van der Waals surface area (Å²) in [5, 5.41) is 21.4. The summed E-state index contributed by atoms with van der Waals surface area (Å²) < 4.78 is 0. The van der Waals surface area contributed by atoms with Gasteiger partial charge in [-0.05, 0) is 29.8 Å². The minimum absolute atomic E-state index is 0.254. The van der Waals surface area contributed by atoms with Crippen molar-refractivity contribution in [1.82, 2.24) is 0 Å². The third kappa shape index (κ3) is 3.08. The molecule has 2 aromatic carbocycles. The highest BCUT2D eigenvalue weighted by Gasteiger charge is 2.09. The van der Waals surface area contributed by atoms with Crippen molar-refractivity contribution in [2.75, 3.05) is 5.32 Å². The van der Waals surface area contributed by atoms with Crippen molar-refractivity contribution in [3.05, 3.63) is 64.2 Å². The molecular formula is C15H11ClN2O2. The Morgan fingerprint density at radius 3 is 2.70 bits per heavy atom. The molecule has 0 bridgehead atoms. The summed E-state index contributed by atoms with van der Waals surface area (Å²) in [5.41, 5.74) is 2.06. The number of carboxylic acids is 1. The van der Waals surface area contributed by atoms with Crippen LogP contribution >= 0.6 is 11.6 Å². The lowest BCUT2D eigenvalue weighted by molar-refractivity contribution is 0.0696. The van der Waals surface area contributed by atoms with Gasteiger partial charge in [0, 0.05) is 6.54 Å². The van der Waals surface area contributed by atoms with Crippen molar-refractivity contribution in [3.63, 3.8) is 0 Å². The summed E-state index contributed by atoms with van der Waals surface area (Å²) in [4.78, 5) is 11.1. The van der Waals surface area contributed by atoms with Crippen LogP contribution in [0.15, 0.2) is 42.5 Å². The van der Waals surface area contributed by atoms with Gasteiger partial charge in [0.25, 0.3) is 0 Å². The molecule has 0 unspecified atom stereocenters. The van der Waals surface area contributed by atoms with E-state index < -0.39 is 5.97 Å². The molecule has 5 heteroatoms. The van der Waals surface area contributed by atoms with E-state index in [1.54, 1.807) is 42.5 Å².